The van der Waals surface area contributed by atoms with E-state index in [0.29, 0.717) is 12.4 Å². The number of pyridine rings is 1. The molecule has 4 aromatic rings. The fourth-order valence-corrected chi connectivity index (χ4v) is 3.47. The minimum atomic E-state index is -0.250. The maximum atomic E-state index is 12.5. The summed E-state index contributed by atoms with van der Waals surface area (Å²) in [4.78, 5) is 40.3. The lowest BCUT2D eigenvalue weighted by Gasteiger charge is -2.12. The van der Waals surface area contributed by atoms with Crippen molar-refractivity contribution >= 4 is 29.2 Å². The summed E-state index contributed by atoms with van der Waals surface area (Å²) in [6.07, 6.45) is 0.178. The van der Waals surface area contributed by atoms with Gasteiger partial charge in [0, 0.05) is 18.7 Å². The molecule has 0 aliphatic rings. The van der Waals surface area contributed by atoms with Gasteiger partial charge in [0.25, 0.3) is 6.47 Å². The third-order valence-corrected chi connectivity index (χ3v) is 5.11. The van der Waals surface area contributed by atoms with Gasteiger partial charge in [0.2, 0.25) is 5.91 Å². The lowest BCUT2D eigenvalue weighted by Crippen LogP contribution is -2.21. The van der Waals surface area contributed by atoms with Gasteiger partial charge in [-0.15, -0.1) is 0 Å². The highest BCUT2D eigenvalue weighted by Crippen LogP contribution is 2.27. The number of benzene rings is 2. The van der Waals surface area contributed by atoms with Crippen LogP contribution < -0.4 is 11.0 Å². The Morgan fingerprint density at radius 2 is 1.78 bits per heavy atom. The number of nitrogens with zero attached hydrogens (tertiary/aromatic N) is 2. The van der Waals surface area contributed by atoms with Gasteiger partial charge in [-0.3, -0.25) is 14.2 Å². The van der Waals surface area contributed by atoms with E-state index >= 15 is 0 Å². The second-order valence-corrected chi connectivity index (χ2v) is 7.13. The number of carbonyl (C=O) groups is 2. The van der Waals surface area contributed by atoms with Crippen molar-refractivity contribution in [1.29, 1.82) is 0 Å². The number of aromatic nitrogens is 3. The van der Waals surface area contributed by atoms with Crippen LogP contribution in [0.4, 0.5) is 5.82 Å². The van der Waals surface area contributed by atoms with Crippen molar-refractivity contribution in [3.63, 3.8) is 0 Å². The molecule has 2 aromatic carbocycles. The van der Waals surface area contributed by atoms with Crippen LogP contribution in [-0.4, -0.2) is 32.0 Å². The first-order valence-electron chi connectivity index (χ1n) is 10.0. The van der Waals surface area contributed by atoms with Crippen LogP contribution in [-0.2, 0) is 16.1 Å². The maximum Gasteiger partial charge on any atom is 0.326 e. The van der Waals surface area contributed by atoms with Crippen molar-refractivity contribution in [1.82, 2.24) is 14.5 Å². The van der Waals surface area contributed by atoms with Crippen LogP contribution in [0.3, 0.4) is 0 Å². The molecular formula is C24H24N4O4. The number of hydrogen-bond donors (Lipinski definition) is 3. The number of carboxylic acid groups (broad SMARTS) is 1. The van der Waals surface area contributed by atoms with Gasteiger partial charge in [0.15, 0.2) is 0 Å². The second-order valence-electron chi connectivity index (χ2n) is 7.13. The molecule has 8 nitrogen and oxygen atoms in total. The first kappa shape index (κ1) is 22.5. The summed E-state index contributed by atoms with van der Waals surface area (Å²) in [5.74, 6) is 0.333. The average molecular weight is 432 g/mol. The van der Waals surface area contributed by atoms with Crippen molar-refractivity contribution in [3.05, 3.63) is 82.4 Å². The molecule has 8 heteroatoms. The lowest BCUT2D eigenvalue weighted by atomic mass is 10.0. The lowest BCUT2D eigenvalue weighted by molar-refractivity contribution is -0.123. The van der Waals surface area contributed by atoms with Crippen LogP contribution in [0.1, 0.15) is 17.7 Å². The Hall–Kier alpha value is -4.20. The number of carbonyl (C=O) groups excluding carboxylic acids is 1. The highest BCUT2D eigenvalue weighted by molar-refractivity contribution is 5.90. The number of aromatic amines is 1. The fraction of sp³-hybridized carbons (Fsp3) is 0.167. The molecule has 0 unspecified atom stereocenters. The van der Waals surface area contributed by atoms with Crippen LogP contribution in [0.5, 0.6) is 0 Å². The van der Waals surface area contributed by atoms with E-state index < -0.39 is 0 Å². The number of hydrogen-bond acceptors (Lipinski definition) is 4. The van der Waals surface area contributed by atoms with E-state index in [1.807, 2.05) is 74.5 Å². The second kappa shape index (κ2) is 10.2. The van der Waals surface area contributed by atoms with Gasteiger partial charge in [-0.2, -0.15) is 0 Å². The zero-order valence-corrected chi connectivity index (χ0v) is 17.8. The van der Waals surface area contributed by atoms with E-state index in [4.69, 9.17) is 9.90 Å². The Labute approximate surface area is 184 Å². The number of anilines is 1. The smallest absolute Gasteiger partial charge is 0.326 e. The minimum absolute atomic E-state index is 0.178. The largest absolute Gasteiger partial charge is 0.483 e. The molecule has 0 spiro atoms. The summed E-state index contributed by atoms with van der Waals surface area (Å²) < 4.78 is 1.58. The van der Waals surface area contributed by atoms with Gasteiger partial charge < -0.3 is 15.4 Å². The van der Waals surface area contributed by atoms with E-state index in [-0.39, 0.29) is 24.5 Å². The van der Waals surface area contributed by atoms with Crippen LogP contribution in [0.15, 0.2) is 65.5 Å². The van der Waals surface area contributed by atoms with Gasteiger partial charge in [-0.1, -0.05) is 42.5 Å². The fourth-order valence-electron chi connectivity index (χ4n) is 3.47. The molecule has 1 amide bonds. The minimum Gasteiger partial charge on any atom is -0.483 e. The molecule has 0 aliphatic carbocycles. The summed E-state index contributed by atoms with van der Waals surface area (Å²) in [7, 11) is 0. The standard InChI is InChI=1S/C23H22N4O2.CH2O2/c1-15-16(2)24-21(14-18(15)17-8-4-3-5-9-17)26-22(28)12-13-27-20-11-7-6-10-19(20)25-23(27)29;2-1-3/h3-11,14H,12-13H2,1-2H3,(H,25,29)(H,24,26,28);1H,(H,2,3). The molecule has 0 fully saturated rings. The van der Waals surface area contributed by atoms with Crippen molar-refractivity contribution in [3.8, 4) is 11.1 Å². The number of fused-ring (bicyclic) bond motifs is 1. The van der Waals surface area contributed by atoms with E-state index in [0.717, 1.165) is 33.4 Å². The quantitative estimate of drug-likeness (QED) is 0.415. The van der Waals surface area contributed by atoms with Gasteiger partial charge in [0.1, 0.15) is 5.82 Å². The summed E-state index contributed by atoms with van der Waals surface area (Å²) in [6.45, 7) is 4.01. The van der Waals surface area contributed by atoms with Crippen molar-refractivity contribution in [2.75, 3.05) is 5.32 Å². The van der Waals surface area contributed by atoms with Crippen molar-refractivity contribution in [2.45, 2.75) is 26.8 Å². The predicted octanol–water partition coefficient (Wildman–Crippen LogP) is 3.74. The Balaban J connectivity index is 0.000000913. The van der Waals surface area contributed by atoms with Crippen LogP contribution in [0, 0.1) is 13.8 Å². The third-order valence-electron chi connectivity index (χ3n) is 5.11. The molecule has 0 aliphatic heterocycles. The first-order chi connectivity index (χ1) is 15.4. The summed E-state index contributed by atoms with van der Waals surface area (Å²) in [5.41, 5.74) is 5.42. The number of amides is 1. The Bertz CT molecular complexity index is 1290. The topological polar surface area (TPSA) is 117 Å². The van der Waals surface area contributed by atoms with Gasteiger partial charge >= 0.3 is 5.69 Å². The number of imidazole rings is 1. The number of aryl methyl sites for hydroxylation is 2. The average Bonchev–Trinajstić information content (AvgIpc) is 3.10. The highest BCUT2D eigenvalue weighted by atomic mass is 16.3. The molecule has 0 atom stereocenters. The molecule has 0 bridgehead atoms. The monoisotopic (exact) mass is 432 g/mol. The summed E-state index contributed by atoms with van der Waals surface area (Å²) >= 11 is 0. The normalized spacial score (nSPS) is 10.3. The van der Waals surface area contributed by atoms with E-state index in [1.54, 1.807) is 4.57 Å². The SMILES string of the molecule is Cc1nc(NC(=O)CCn2c(=O)[nH]c3ccccc32)cc(-c2ccccc2)c1C.O=CO. The zero-order chi connectivity index (χ0) is 23.1. The number of nitrogens with one attached hydrogen (secondary N) is 2. The molecule has 32 heavy (non-hydrogen) atoms. The Kier molecular flexibility index (Phi) is 7.17. The number of rotatable bonds is 5. The predicted molar refractivity (Wildman–Crippen MR) is 124 cm³/mol. The van der Waals surface area contributed by atoms with Crippen LogP contribution in [0.25, 0.3) is 22.2 Å². The molecule has 164 valence electrons. The number of H-pyrrole nitrogens is 1. The van der Waals surface area contributed by atoms with E-state index in [9.17, 15) is 9.59 Å². The summed E-state index contributed by atoms with van der Waals surface area (Å²) in [5, 5.41) is 9.76. The van der Waals surface area contributed by atoms with Crippen molar-refractivity contribution in [2.24, 2.45) is 0 Å². The van der Waals surface area contributed by atoms with Crippen LogP contribution >= 0.6 is 0 Å². The van der Waals surface area contributed by atoms with Gasteiger partial charge in [-0.25, -0.2) is 9.78 Å². The third kappa shape index (κ3) is 5.10. The van der Waals surface area contributed by atoms with E-state index in [1.165, 1.54) is 0 Å². The zero-order valence-electron chi connectivity index (χ0n) is 17.8. The molecule has 0 saturated heterocycles. The van der Waals surface area contributed by atoms with Crippen LogP contribution in [0.2, 0.25) is 0 Å². The maximum absolute atomic E-state index is 12.5. The molecule has 3 N–H and O–H groups in total. The molecule has 4 rings (SSSR count). The molecule has 2 aromatic heterocycles. The van der Waals surface area contributed by atoms with E-state index in [2.05, 4.69) is 15.3 Å². The first-order valence-corrected chi connectivity index (χ1v) is 10.0. The molecule has 2 heterocycles. The molecule has 0 saturated carbocycles. The van der Waals surface area contributed by atoms with Crippen molar-refractivity contribution < 1.29 is 14.7 Å². The Morgan fingerprint density at radius 3 is 2.50 bits per heavy atom. The van der Waals surface area contributed by atoms with Gasteiger partial charge in [-0.05, 0) is 48.7 Å². The van der Waals surface area contributed by atoms with Gasteiger partial charge in [0.05, 0.1) is 11.0 Å². The molecular weight excluding hydrogens is 408 g/mol. The Morgan fingerprint density at radius 1 is 1.12 bits per heavy atom. The molecule has 0 radical (unpaired) electrons. The number of para-hydroxylation sites is 2. The highest BCUT2D eigenvalue weighted by Gasteiger charge is 2.12. The summed E-state index contributed by atoms with van der Waals surface area (Å²) in [6, 6.07) is 19.4.